The summed E-state index contributed by atoms with van der Waals surface area (Å²) < 4.78 is 7.44. The lowest BCUT2D eigenvalue weighted by Gasteiger charge is -2.25. The quantitative estimate of drug-likeness (QED) is 0.592. The number of halogens is 3. The van der Waals surface area contributed by atoms with Crippen LogP contribution in [0.3, 0.4) is 0 Å². The van der Waals surface area contributed by atoms with Crippen LogP contribution in [-0.4, -0.2) is 9.78 Å². The minimum atomic E-state index is -0.522. The molecule has 3 aromatic rings. The lowest BCUT2D eigenvalue weighted by atomic mass is 9.84. The fraction of sp³-hybridized carbons (Fsp3) is 0.100. The van der Waals surface area contributed by atoms with Gasteiger partial charge in [0.15, 0.2) is 0 Å². The molecule has 0 saturated carbocycles. The molecule has 0 radical (unpaired) electrons. The molecule has 2 heterocycles. The first-order valence-electron chi connectivity index (χ1n) is 8.28. The number of nitrogens with two attached hydrogens (primary N) is 1. The number of benzene rings is 2. The largest absolute Gasteiger partial charge is 0.422 e. The third-order valence-electron chi connectivity index (χ3n) is 4.56. The molecular weight excluding hydrogens is 419 g/mol. The van der Waals surface area contributed by atoms with Gasteiger partial charge in [0.05, 0.1) is 22.9 Å². The summed E-state index contributed by atoms with van der Waals surface area (Å²) >= 11 is 18.6. The van der Waals surface area contributed by atoms with Gasteiger partial charge in [0.2, 0.25) is 11.8 Å². The second-order valence-electron chi connectivity index (χ2n) is 6.29. The molecule has 0 spiro atoms. The number of hydrogen-bond acceptors (Lipinski definition) is 4. The maximum Gasteiger partial charge on any atom is 0.229 e. The van der Waals surface area contributed by atoms with Crippen LogP contribution in [0, 0.1) is 18.3 Å². The fourth-order valence-corrected chi connectivity index (χ4v) is 4.05. The molecule has 140 valence electrons. The van der Waals surface area contributed by atoms with E-state index in [-0.39, 0.29) is 11.5 Å². The van der Waals surface area contributed by atoms with Crippen LogP contribution < -0.4 is 10.5 Å². The molecule has 1 aromatic heterocycles. The van der Waals surface area contributed by atoms with Crippen molar-refractivity contribution in [3.05, 3.63) is 85.8 Å². The average Bonchev–Trinajstić information content (AvgIpc) is 2.97. The number of nitriles is 1. The maximum atomic E-state index is 9.73. The highest BCUT2D eigenvalue weighted by Gasteiger charge is 2.37. The Morgan fingerprint density at radius 3 is 2.57 bits per heavy atom. The molecule has 8 heteroatoms. The van der Waals surface area contributed by atoms with Gasteiger partial charge in [-0.1, -0.05) is 46.9 Å². The van der Waals surface area contributed by atoms with Crippen molar-refractivity contribution in [1.29, 1.82) is 5.26 Å². The first-order valence-corrected chi connectivity index (χ1v) is 9.42. The summed E-state index contributed by atoms with van der Waals surface area (Å²) in [4.78, 5) is 0. The van der Waals surface area contributed by atoms with Crippen LogP contribution in [-0.2, 0) is 0 Å². The zero-order chi connectivity index (χ0) is 20.0. The predicted octanol–water partition coefficient (Wildman–Crippen LogP) is 5.36. The van der Waals surface area contributed by atoms with E-state index < -0.39 is 5.92 Å². The Labute approximate surface area is 176 Å². The Morgan fingerprint density at radius 1 is 1.14 bits per heavy atom. The van der Waals surface area contributed by atoms with E-state index in [1.807, 2.05) is 19.1 Å². The standard InChI is InChI=1S/C20H13Cl3N4O/c1-10-17-18(14-6-5-12(22)8-16(14)23)15(9-24)19(25)28-20(17)27(26-10)13-4-2-3-11(21)7-13/h2-8,18H,25H2,1H3/t18-/m0/s1. The van der Waals surface area contributed by atoms with E-state index in [1.165, 1.54) is 0 Å². The first-order chi connectivity index (χ1) is 13.4. The summed E-state index contributed by atoms with van der Waals surface area (Å²) in [5, 5.41) is 15.8. The molecule has 0 unspecified atom stereocenters. The van der Waals surface area contributed by atoms with Gasteiger partial charge < -0.3 is 10.5 Å². The number of fused-ring (bicyclic) bond motifs is 1. The molecule has 0 aliphatic carbocycles. The first kappa shape index (κ1) is 18.7. The van der Waals surface area contributed by atoms with Crippen molar-refractivity contribution in [1.82, 2.24) is 9.78 Å². The topological polar surface area (TPSA) is 76.9 Å². The zero-order valence-corrected chi connectivity index (χ0v) is 16.8. The summed E-state index contributed by atoms with van der Waals surface area (Å²) in [7, 11) is 0. The van der Waals surface area contributed by atoms with Crippen LogP contribution in [0.1, 0.15) is 22.7 Å². The Balaban J connectivity index is 1.98. The third kappa shape index (κ3) is 3.00. The second-order valence-corrected chi connectivity index (χ2v) is 7.57. The van der Waals surface area contributed by atoms with Crippen molar-refractivity contribution in [2.45, 2.75) is 12.8 Å². The summed E-state index contributed by atoms with van der Waals surface area (Å²) in [5.41, 5.74) is 9.18. The second kappa shape index (κ2) is 7.06. The summed E-state index contributed by atoms with van der Waals surface area (Å²) in [6.45, 7) is 1.84. The fourth-order valence-electron chi connectivity index (χ4n) is 3.34. The van der Waals surface area contributed by atoms with Gasteiger partial charge in [0.25, 0.3) is 0 Å². The number of nitrogens with zero attached hydrogens (tertiary/aromatic N) is 3. The highest BCUT2D eigenvalue weighted by Crippen LogP contribution is 2.46. The summed E-state index contributed by atoms with van der Waals surface area (Å²) in [6.07, 6.45) is 0. The zero-order valence-electron chi connectivity index (χ0n) is 14.6. The number of rotatable bonds is 2. The van der Waals surface area contributed by atoms with Gasteiger partial charge in [-0.05, 0) is 42.8 Å². The van der Waals surface area contributed by atoms with Crippen molar-refractivity contribution in [3.8, 4) is 17.6 Å². The van der Waals surface area contributed by atoms with Gasteiger partial charge >= 0.3 is 0 Å². The number of aryl methyl sites for hydroxylation is 1. The molecule has 5 nitrogen and oxygen atoms in total. The smallest absolute Gasteiger partial charge is 0.229 e. The van der Waals surface area contributed by atoms with Gasteiger partial charge in [0, 0.05) is 15.1 Å². The SMILES string of the molecule is Cc1nn(-c2cccc(Cl)c2)c2c1[C@@H](c1ccc(Cl)cc1Cl)C(C#N)=C(N)O2. The highest BCUT2D eigenvalue weighted by molar-refractivity contribution is 6.35. The van der Waals surface area contributed by atoms with Gasteiger partial charge in [-0.25, -0.2) is 4.68 Å². The number of ether oxygens (including phenoxy) is 1. The number of hydrogen-bond donors (Lipinski definition) is 1. The van der Waals surface area contributed by atoms with Crippen LogP contribution in [0.15, 0.2) is 53.9 Å². The molecule has 4 rings (SSSR count). The lowest BCUT2D eigenvalue weighted by Crippen LogP contribution is -2.22. The van der Waals surface area contributed by atoms with Crippen LogP contribution in [0.25, 0.3) is 5.69 Å². The van der Waals surface area contributed by atoms with E-state index in [2.05, 4.69) is 11.2 Å². The van der Waals surface area contributed by atoms with Crippen LogP contribution >= 0.6 is 34.8 Å². The molecule has 28 heavy (non-hydrogen) atoms. The van der Waals surface area contributed by atoms with E-state index in [0.29, 0.717) is 37.9 Å². The van der Waals surface area contributed by atoms with Gasteiger partial charge in [0.1, 0.15) is 11.6 Å². The van der Waals surface area contributed by atoms with Crippen LogP contribution in [0.4, 0.5) is 0 Å². The highest BCUT2D eigenvalue weighted by atomic mass is 35.5. The number of allylic oxidation sites excluding steroid dienone is 1. The molecule has 0 fully saturated rings. The molecule has 2 aromatic carbocycles. The van der Waals surface area contributed by atoms with Crippen LogP contribution in [0.2, 0.25) is 15.1 Å². The number of aromatic nitrogens is 2. The molecule has 1 aliphatic heterocycles. The Kier molecular flexibility index (Phi) is 4.72. The van der Waals surface area contributed by atoms with E-state index in [4.69, 9.17) is 45.3 Å². The maximum absolute atomic E-state index is 9.73. The molecule has 0 saturated heterocycles. The Morgan fingerprint density at radius 2 is 1.89 bits per heavy atom. The Hall–Kier alpha value is -2.65. The predicted molar refractivity (Wildman–Crippen MR) is 109 cm³/mol. The molecule has 2 N–H and O–H groups in total. The van der Waals surface area contributed by atoms with E-state index in [0.717, 1.165) is 5.56 Å². The minimum Gasteiger partial charge on any atom is -0.422 e. The van der Waals surface area contributed by atoms with Crippen molar-refractivity contribution >= 4 is 34.8 Å². The van der Waals surface area contributed by atoms with Crippen molar-refractivity contribution in [2.24, 2.45) is 5.73 Å². The molecule has 0 bridgehead atoms. The van der Waals surface area contributed by atoms with E-state index in [1.54, 1.807) is 35.0 Å². The normalized spacial score (nSPS) is 15.8. The van der Waals surface area contributed by atoms with E-state index >= 15 is 0 Å². The Bertz CT molecular complexity index is 1180. The lowest BCUT2D eigenvalue weighted by molar-refractivity contribution is 0.367. The van der Waals surface area contributed by atoms with Gasteiger partial charge in [-0.3, -0.25) is 0 Å². The van der Waals surface area contributed by atoms with E-state index in [9.17, 15) is 5.26 Å². The van der Waals surface area contributed by atoms with Crippen molar-refractivity contribution < 1.29 is 4.74 Å². The average molecular weight is 432 g/mol. The van der Waals surface area contributed by atoms with Gasteiger partial charge in [-0.15, -0.1) is 0 Å². The third-order valence-corrected chi connectivity index (χ3v) is 5.36. The minimum absolute atomic E-state index is 0.00851. The molecule has 0 amide bonds. The van der Waals surface area contributed by atoms with Crippen molar-refractivity contribution in [3.63, 3.8) is 0 Å². The summed E-state index contributed by atoms with van der Waals surface area (Å²) in [5.74, 6) is -0.0899. The monoisotopic (exact) mass is 430 g/mol. The molecular formula is C20H13Cl3N4O. The van der Waals surface area contributed by atoms with Crippen LogP contribution in [0.5, 0.6) is 5.88 Å². The van der Waals surface area contributed by atoms with Crippen molar-refractivity contribution in [2.75, 3.05) is 0 Å². The summed E-state index contributed by atoms with van der Waals surface area (Å²) in [6, 6.07) is 14.5. The molecule has 1 aliphatic rings. The van der Waals surface area contributed by atoms with Gasteiger partial charge in [-0.2, -0.15) is 10.4 Å². The molecule has 1 atom stereocenters.